The molecular weight excluding hydrogens is 422 g/mol. The molecule has 5 aromatic rings. The summed E-state index contributed by atoms with van der Waals surface area (Å²) in [5.41, 5.74) is 5.03. The van der Waals surface area contributed by atoms with Crippen LogP contribution in [0.25, 0.3) is 32.2 Å². The van der Waals surface area contributed by atoms with E-state index in [0.717, 1.165) is 38.6 Å². The number of nitrogens with zero attached hydrogens (tertiary/aromatic N) is 2. The van der Waals surface area contributed by atoms with Gasteiger partial charge >= 0.3 is 0 Å². The zero-order valence-electron chi connectivity index (χ0n) is 16.6. The van der Waals surface area contributed by atoms with Crippen molar-refractivity contribution in [1.29, 1.82) is 0 Å². The number of benzene rings is 2. The lowest BCUT2D eigenvalue weighted by molar-refractivity contribution is 0.0954. The molecule has 0 bridgehead atoms. The molecular formula is C25H19N3OS2. The van der Waals surface area contributed by atoms with Crippen LogP contribution in [0.2, 0.25) is 0 Å². The molecule has 0 saturated heterocycles. The summed E-state index contributed by atoms with van der Waals surface area (Å²) < 4.78 is 0. The van der Waals surface area contributed by atoms with Crippen molar-refractivity contribution in [2.24, 2.45) is 0 Å². The van der Waals surface area contributed by atoms with Gasteiger partial charge in [-0.3, -0.25) is 4.79 Å². The van der Waals surface area contributed by atoms with Gasteiger partial charge < -0.3 is 5.32 Å². The lowest BCUT2D eigenvalue weighted by atomic mass is 10.1. The Kier molecular flexibility index (Phi) is 5.56. The SMILES string of the molecule is O=C(NCCc1ccccc1)c1ccc2nc(-c3cccs3)c(-c3cccs3)nc2c1. The van der Waals surface area contributed by atoms with E-state index in [0.29, 0.717) is 12.1 Å². The highest BCUT2D eigenvalue weighted by molar-refractivity contribution is 7.14. The molecule has 0 aliphatic carbocycles. The lowest BCUT2D eigenvalue weighted by Gasteiger charge is -2.09. The summed E-state index contributed by atoms with van der Waals surface area (Å²) in [6.45, 7) is 0.588. The fourth-order valence-corrected chi connectivity index (χ4v) is 4.86. The van der Waals surface area contributed by atoms with E-state index in [2.05, 4.69) is 29.6 Å². The summed E-state index contributed by atoms with van der Waals surface area (Å²) in [5, 5.41) is 7.09. The first-order valence-electron chi connectivity index (χ1n) is 9.99. The monoisotopic (exact) mass is 441 g/mol. The van der Waals surface area contributed by atoms with Crippen LogP contribution in [0.1, 0.15) is 15.9 Å². The molecule has 0 saturated carbocycles. The molecule has 152 valence electrons. The maximum absolute atomic E-state index is 12.7. The van der Waals surface area contributed by atoms with Gasteiger partial charge in [-0.2, -0.15) is 0 Å². The number of carbonyl (C=O) groups excluding carboxylic acids is 1. The first-order valence-corrected chi connectivity index (χ1v) is 11.8. The maximum atomic E-state index is 12.7. The van der Waals surface area contributed by atoms with Crippen molar-refractivity contribution in [3.05, 3.63) is 94.7 Å². The van der Waals surface area contributed by atoms with Gasteiger partial charge in [0.2, 0.25) is 0 Å². The Hall–Kier alpha value is -3.35. The van der Waals surface area contributed by atoms with Crippen molar-refractivity contribution in [3.8, 4) is 21.1 Å². The Bertz CT molecular complexity index is 1310. The third-order valence-electron chi connectivity index (χ3n) is 4.98. The van der Waals surface area contributed by atoms with Gasteiger partial charge in [0.1, 0.15) is 11.4 Å². The zero-order valence-corrected chi connectivity index (χ0v) is 18.2. The number of carbonyl (C=O) groups is 1. The second-order valence-corrected chi connectivity index (χ2v) is 8.97. The minimum atomic E-state index is -0.0976. The van der Waals surface area contributed by atoms with Gasteiger partial charge in [0.05, 0.1) is 20.8 Å². The number of hydrogen-bond donors (Lipinski definition) is 1. The Morgan fingerprint density at radius 3 is 2.10 bits per heavy atom. The lowest BCUT2D eigenvalue weighted by Crippen LogP contribution is -2.25. The molecule has 3 heterocycles. The highest BCUT2D eigenvalue weighted by atomic mass is 32.1. The number of hydrogen-bond acceptors (Lipinski definition) is 5. The van der Waals surface area contributed by atoms with Crippen LogP contribution in [0.15, 0.2) is 83.6 Å². The predicted molar refractivity (Wildman–Crippen MR) is 129 cm³/mol. The van der Waals surface area contributed by atoms with Gasteiger partial charge in [0, 0.05) is 12.1 Å². The van der Waals surface area contributed by atoms with Crippen LogP contribution in [-0.4, -0.2) is 22.4 Å². The fraction of sp³-hybridized carbons (Fsp3) is 0.0800. The zero-order chi connectivity index (χ0) is 21.0. The van der Waals surface area contributed by atoms with Crippen LogP contribution in [0.3, 0.4) is 0 Å². The Morgan fingerprint density at radius 2 is 1.45 bits per heavy atom. The van der Waals surface area contributed by atoms with Crippen molar-refractivity contribution in [1.82, 2.24) is 15.3 Å². The average molecular weight is 442 g/mol. The molecule has 0 unspecified atom stereocenters. The first kappa shape index (κ1) is 19.6. The predicted octanol–water partition coefficient (Wildman–Crippen LogP) is 6.06. The Morgan fingerprint density at radius 1 is 0.774 bits per heavy atom. The van der Waals surface area contributed by atoms with Crippen LogP contribution >= 0.6 is 22.7 Å². The smallest absolute Gasteiger partial charge is 0.251 e. The third-order valence-corrected chi connectivity index (χ3v) is 6.73. The molecule has 31 heavy (non-hydrogen) atoms. The standard InChI is InChI=1S/C25H19N3OS2/c29-25(26-13-12-17-6-2-1-3-7-17)18-10-11-19-20(16-18)28-24(22-9-5-15-31-22)23(27-19)21-8-4-14-30-21/h1-11,14-16H,12-13H2,(H,26,29). The van der Waals surface area contributed by atoms with Crippen molar-refractivity contribution in [2.75, 3.05) is 6.54 Å². The summed E-state index contributed by atoms with van der Waals surface area (Å²) in [5.74, 6) is -0.0976. The number of aromatic nitrogens is 2. The molecule has 1 amide bonds. The van der Waals surface area contributed by atoms with Crippen molar-refractivity contribution >= 4 is 39.6 Å². The summed E-state index contributed by atoms with van der Waals surface area (Å²) in [6.07, 6.45) is 0.798. The molecule has 6 heteroatoms. The molecule has 3 aromatic heterocycles. The molecule has 4 nitrogen and oxygen atoms in total. The Labute approximate surface area is 188 Å². The minimum absolute atomic E-state index is 0.0976. The van der Waals surface area contributed by atoms with Gasteiger partial charge in [0.15, 0.2) is 0 Å². The second kappa shape index (κ2) is 8.79. The summed E-state index contributed by atoms with van der Waals surface area (Å²) in [4.78, 5) is 24.7. The summed E-state index contributed by atoms with van der Waals surface area (Å²) in [7, 11) is 0. The van der Waals surface area contributed by atoms with E-state index in [1.54, 1.807) is 22.7 Å². The largest absolute Gasteiger partial charge is 0.352 e. The number of fused-ring (bicyclic) bond motifs is 1. The normalized spacial score (nSPS) is 11.0. The fourth-order valence-electron chi connectivity index (χ4n) is 3.43. The van der Waals surface area contributed by atoms with Crippen LogP contribution < -0.4 is 5.32 Å². The molecule has 0 fully saturated rings. The summed E-state index contributed by atoms with van der Waals surface area (Å²) >= 11 is 3.29. The molecule has 2 aromatic carbocycles. The highest BCUT2D eigenvalue weighted by Gasteiger charge is 2.16. The summed E-state index contributed by atoms with van der Waals surface area (Å²) in [6, 6.07) is 23.8. The van der Waals surface area contributed by atoms with Crippen molar-refractivity contribution < 1.29 is 4.79 Å². The van der Waals surface area contributed by atoms with Crippen LogP contribution in [0.4, 0.5) is 0 Å². The number of nitrogens with one attached hydrogen (secondary N) is 1. The second-order valence-electron chi connectivity index (χ2n) is 7.07. The first-order chi connectivity index (χ1) is 15.3. The van der Waals surface area contributed by atoms with Crippen molar-refractivity contribution in [2.45, 2.75) is 6.42 Å². The molecule has 5 rings (SSSR count). The number of amides is 1. The Balaban J connectivity index is 1.44. The minimum Gasteiger partial charge on any atom is -0.352 e. The highest BCUT2D eigenvalue weighted by Crippen LogP contribution is 2.35. The average Bonchev–Trinajstić information content (AvgIpc) is 3.53. The molecule has 1 N–H and O–H groups in total. The number of thiophene rings is 2. The number of rotatable bonds is 6. The van der Waals surface area contributed by atoms with Crippen molar-refractivity contribution in [3.63, 3.8) is 0 Å². The van der Waals surface area contributed by atoms with E-state index >= 15 is 0 Å². The van der Waals surface area contributed by atoms with Gasteiger partial charge in [-0.25, -0.2) is 9.97 Å². The van der Waals surface area contributed by atoms with E-state index in [9.17, 15) is 4.79 Å². The van der Waals surface area contributed by atoms with Gasteiger partial charge in [-0.05, 0) is 53.1 Å². The molecule has 0 aliphatic rings. The van der Waals surface area contributed by atoms with E-state index in [1.807, 2.05) is 59.3 Å². The third kappa shape index (κ3) is 4.26. The van der Waals surface area contributed by atoms with Gasteiger partial charge in [0.25, 0.3) is 5.91 Å². The molecule has 0 spiro atoms. The maximum Gasteiger partial charge on any atom is 0.251 e. The van der Waals surface area contributed by atoms with Crippen LogP contribution in [0.5, 0.6) is 0 Å². The van der Waals surface area contributed by atoms with E-state index < -0.39 is 0 Å². The van der Waals surface area contributed by atoms with E-state index in [4.69, 9.17) is 9.97 Å². The van der Waals surface area contributed by atoms with Crippen LogP contribution in [0, 0.1) is 0 Å². The topological polar surface area (TPSA) is 54.9 Å². The molecule has 0 atom stereocenters. The quantitative estimate of drug-likeness (QED) is 0.348. The molecule has 0 aliphatic heterocycles. The van der Waals surface area contributed by atoms with Gasteiger partial charge in [-0.1, -0.05) is 42.5 Å². The van der Waals surface area contributed by atoms with Crippen LogP contribution in [-0.2, 0) is 6.42 Å². The van der Waals surface area contributed by atoms with E-state index in [-0.39, 0.29) is 5.91 Å². The van der Waals surface area contributed by atoms with Gasteiger partial charge in [-0.15, -0.1) is 22.7 Å². The molecule has 0 radical (unpaired) electrons. The van der Waals surface area contributed by atoms with E-state index in [1.165, 1.54) is 5.56 Å².